The highest BCUT2D eigenvalue weighted by Crippen LogP contribution is 2.35. The smallest absolute Gasteiger partial charge is 0.326 e. The summed E-state index contributed by atoms with van der Waals surface area (Å²) in [7, 11) is -3.72. The molecule has 4 atom stereocenters. The van der Waals surface area contributed by atoms with Gasteiger partial charge in [0.15, 0.2) is 15.6 Å². The summed E-state index contributed by atoms with van der Waals surface area (Å²) in [5.41, 5.74) is 7.04. The first-order valence-electron chi connectivity index (χ1n) is 12.0. The van der Waals surface area contributed by atoms with Crippen LogP contribution in [-0.4, -0.2) is 55.2 Å². The maximum absolute atomic E-state index is 13.1. The minimum atomic E-state index is -3.72. The topological polar surface area (TPSA) is 156 Å². The van der Waals surface area contributed by atoms with Crippen molar-refractivity contribution in [2.45, 2.75) is 61.4 Å². The van der Waals surface area contributed by atoms with Gasteiger partial charge in [0.25, 0.3) is 0 Å². The highest BCUT2D eigenvalue weighted by Gasteiger charge is 2.42. The number of benzene rings is 2. The Bertz CT molecular complexity index is 1170. The number of hydrogen-bond acceptors (Lipinski definition) is 7. The van der Waals surface area contributed by atoms with Crippen LogP contribution < -0.4 is 16.4 Å². The second-order valence-electron chi connectivity index (χ2n) is 9.24. The van der Waals surface area contributed by atoms with Crippen molar-refractivity contribution in [3.63, 3.8) is 0 Å². The summed E-state index contributed by atoms with van der Waals surface area (Å²) in [4.78, 5) is 37.1. The van der Waals surface area contributed by atoms with Crippen LogP contribution in [0.15, 0.2) is 59.5 Å². The normalized spacial score (nSPS) is 19.4. The molecule has 194 valence electrons. The number of carboxylic acids is 1. The van der Waals surface area contributed by atoms with Crippen molar-refractivity contribution in [1.82, 2.24) is 10.6 Å². The quantitative estimate of drug-likeness (QED) is 0.310. The molecule has 0 spiro atoms. The van der Waals surface area contributed by atoms with E-state index in [0.29, 0.717) is 24.8 Å². The van der Waals surface area contributed by atoms with Gasteiger partial charge in [-0.2, -0.15) is 0 Å². The number of hydrogen-bond donors (Lipinski definition) is 4. The molecule has 0 saturated heterocycles. The first-order chi connectivity index (χ1) is 17.1. The van der Waals surface area contributed by atoms with Gasteiger partial charge in [-0.05, 0) is 43.0 Å². The van der Waals surface area contributed by atoms with Crippen LogP contribution in [0.25, 0.3) is 0 Å². The SMILES string of the molecule is CC(N)NCC(=O)Cc1ccc(C[C@H](NC(=O)C2CCCC2S(=O)(=O)c2ccccc2)C(=O)O)cc1. The molecule has 0 aliphatic heterocycles. The number of nitrogens with two attached hydrogens (primary N) is 1. The molecule has 0 heterocycles. The molecule has 1 amide bonds. The lowest BCUT2D eigenvalue weighted by molar-refractivity contribution is -0.142. The Morgan fingerprint density at radius 3 is 2.28 bits per heavy atom. The van der Waals surface area contributed by atoms with Crippen LogP contribution in [0.4, 0.5) is 0 Å². The molecule has 1 fully saturated rings. The summed E-state index contributed by atoms with van der Waals surface area (Å²) in [6, 6.07) is 13.7. The molecular weight excluding hydrogens is 482 g/mol. The highest BCUT2D eigenvalue weighted by molar-refractivity contribution is 7.92. The zero-order valence-corrected chi connectivity index (χ0v) is 21.0. The maximum Gasteiger partial charge on any atom is 0.326 e. The van der Waals surface area contributed by atoms with E-state index in [9.17, 15) is 27.9 Å². The van der Waals surface area contributed by atoms with Crippen molar-refractivity contribution in [2.24, 2.45) is 11.7 Å². The Kier molecular flexibility index (Phi) is 9.36. The molecule has 2 aromatic rings. The molecule has 3 rings (SSSR count). The number of Topliss-reactive ketones (excluding diaryl/α,β-unsaturated/α-hetero) is 1. The Morgan fingerprint density at radius 2 is 1.67 bits per heavy atom. The van der Waals surface area contributed by atoms with E-state index in [-0.39, 0.29) is 36.2 Å². The Morgan fingerprint density at radius 1 is 1.03 bits per heavy atom. The first kappa shape index (κ1) is 27.5. The maximum atomic E-state index is 13.1. The van der Waals surface area contributed by atoms with E-state index >= 15 is 0 Å². The van der Waals surface area contributed by atoms with Crippen molar-refractivity contribution in [3.05, 3.63) is 65.7 Å². The van der Waals surface area contributed by atoms with Gasteiger partial charge in [0, 0.05) is 12.8 Å². The van der Waals surface area contributed by atoms with E-state index in [1.54, 1.807) is 49.4 Å². The zero-order valence-electron chi connectivity index (χ0n) is 20.2. The molecule has 3 unspecified atom stereocenters. The van der Waals surface area contributed by atoms with Crippen LogP contribution in [0.5, 0.6) is 0 Å². The molecule has 5 N–H and O–H groups in total. The van der Waals surface area contributed by atoms with Crippen molar-refractivity contribution < 1.29 is 27.9 Å². The third-order valence-corrected chi connectivity index (χ3v) is 8.65. The summed E-state index contributed by atoms with van der Waals surface area (Å²) < 4.78 is 26.2. The van der Waals surface area contributed by atoms with Gasteiger partial charge in [-0.1, -0.05) is 48.9 Å². The minimum absolute atomic E-state index is 0.0210. The van der Waals surface area contributed by atoms with Gasteiger partial charge in [0.2, 0.25) is 5.91 Å². The number of sulfone groups is 1. The van der Waals surface area contributed by atoms with Crippen LogP contribution in [-0.2, 0) is 37.1 Å². The molecule has 36 heavy (non-hydrogen) atoms. The van der Waals surface area contributed by atoms with E-state index in [2.05, 4.69) is 10.6 Å². The summed E-state index contributed by atoms with van der Waals surface area (Å²) >= 11 is 0. The standard InChI is InChI=1S/C26H33N3O6S/c1-17(27)28-16-20(30)14-18-10-12-19(13-11-18)15-23(26(32)33)29-25(31)22-8-5-9-24(22)36(34,35)21-6-3-2-4-7-21/h2-4,6-7,10-13,17,22-24,28H,5,8-9,14-16,27H2,1H3,(H,29,31)(H,32,33)/t17?,22?,23-,24?/m0/s1. The van der Waals surface area contributed by atoms with Gasteiger partial charge in [-0.25, -0.2) is 13.2 Å². The summed E-state index contributed by atoms with van der Waals surface area (Å²) in [5, 5.41) is 14.2. The first-order valence-corrected chi connectivity index (χ1v) is 13.5. The number of amides is 1. The lowest BCUT2D eigenvalue weighted by Crippen LogP contribution is -2.47. The Hall–Kier alpha value is -3.08. The second-order valence-corrected chi connectivity index (χ2v) is 11.4. The van der Waals surface area contributed by atoms with Crippen LogP contribution in [0.3, 0.4) is 0 Å². The van der Waals surface area contributed by atoms with Crippen molar-refractivity contribution >= 4 is 27.5 Å². The third-order valence-electron chi connectivity index (χ3n) is 6.36. The summed E-state index contributed by atoms with van der Waals surface area (Å²) in [5.74, 6) is -2.60. The van der Waals surface area contributed by atoms with Crippen molar-refractivity contribution in [3.8, 4) is 0 Å². The Labute approximate surface area is 211 Å². The van der Waals surface area contributed by atoms with Crippen molar-refractivity contribution in [1.29, 1.82) is 0 Å². The van der Waals surface area contributed by atoms with Gasteiger partial charge in [-0.15, -0.1) is 0 Å². The van der Waals surface area contributed by atoms with Crippen LogP contribution in [0.2, 0.25) is 0 Å². The molecule has 2 aromatic carbocycles. The van der Waals surface area contributed by atoms with Gasteiger partial charge >= 0.3 is 5.97 Å². The molecule has 1 saturated carbocycles. The summed E-state index contributed by atoms with van der Waals surface area (Å²) in [6.45, 7) is 1.91. The number of ketones is 1. The van der Waals surface area contributed by atoms with Crippen molar-refractivity contribution in [2.75, 3.05) is 6.54 Å². The average Bonchev–Trinajstić information content (AvgIpc) is 3.35. The molecule has 1 aliphatic rings. The van der Waals surface area contributed by atoms with Gasteiger partial charge < -0.3 is 16.2 Å². The number of carbonyl (C=O) groups excluding carboxylic acids is 2. The molecule has 9 nitrogen and oxygen atoms in total. The van der Waals surface area contributed by atoms with E-state index in [1.807, 2.05) is 0 Å². The predicted molar refractivity (Wildman–Crippen MR) is 135 cm³/mol. The summed E-state index contributed by atoms with van der Waals surface area (Å²) in [6.07, 6.45) is 1.29. The molecule has 0 bridgehead atoms. The number of rotatable bonds is 12. The van der Waals surface area contributed by atoms with Gasteiger partial charge in [-0.3, -0.25) is 14.9 Å². The van der Waals surface area contributed by atoms with Crippen LogP contribution in [0, 0.1) is 5.92 Å². The molecule has 1 aliphatic carbocycles. The number of carboxylic acid groups (broad SMARTS) is 1. The molecular formula is C26H33N3O6S. The minimum Gasteiger partial charge on any atom is -0.480 e. The molecule has 0 aromatic heterocycles. The highest BCUT2D eigenvalue weighted by atomic mass is 32.2. The number of aliphatic carboxylic acids is 1. The lowest BCUT2D eigenvalue weighted by Gasteiger charge is -2.22. The Balaban J connectivity index is 1.64. The van der Waals surface area contributed by atoms with Crippen LogP contribution in [0.1, 0.15) is 37.3 Å². The van der Waals surface area contributed by atoms with Gasteiger partial charge in [0.05, 0.1) is 28.8 Å². The zero-order chi connectivity index (χ0) is 26.3. The predicted octanol–water partition coefficient (Wildman–Crippen LogP) is 1.45. The van der Waals surface area contributed by atoms with E-state index in [1.165, 1.54) is 12.1 Å². The second kappa shape index (κ2) is 12.2. The van der Waals surface area contributed by atoms with Gasteiger partial charge in [0.1, 0.15) is 6.04 Å². The fourth-order valence-corrected chi connectivity index (χ4v) is 6.51. The third kappa shape index (κ3) is 7.22. The number of carbonyl (C=O) groups is 3. The fourth-order valence-electron chi connectivity index (χ4n) is 4.46. The molecule has 0 radical (unpaired) electrons. The van der Waals surface area contributed by atoms with E-state index in [4.69, 9.17) is 5.73 Å². The molecule has 10 heteroatoms. The van der Waals surface area contributed by atoms with E-state index < -0.39 is 38.9 Å². The lowest BCUT2D eigenvalue weighted by atomic mass is 10.0. The van der Waals surface area contributed by atoms with Crippen LogP contribution >= 0.6 is 0 Å². The fraction of sp³-hybridized carbons (Fsp3) is 0.423. The number of nitrogens with one attached hydrogen (secondary N) is 2. The monoisotopic (exact) mass is 515 g/mol. The largest absolute Gasteiger partial charge is 0.480 e. The average molecular weight is 516 g/mol. The van der Waals surface area contributed by atoms with E-state index in [0.717, 1.165) is 5.56 Å².